The van der Waals surface area contributed by atoms with Crippen molar-refractivity contribution in [3.63, 3.8) is 0 Å². The van der Waals surface area contributed by atoms with E-state index in [2.05, 4.69) is 56.0 Å². The van der Waals surface area contributed by atoms with Gasteiger partial charge in [-0.1, -0.05) is 13.8 Å². The molecule has 114 valence electrons. The average Bonchev–Trinajstić information content (AvgIpc) is 2.98. The zero-order valence-electron chi connectivity index (χ0n) is 12.4. The van der Waals surface area contributed by atoms with Gasteiger partial charge in [0.2, 0.25) is 11.2 Å². The monoisotopic (exact) mass is 310 g/mol. The lowest BCUT2D eigenvalue weighted by atomic mass is 10.3. The zero-order valence-corrected chi connectivity index (χ0v) is 13.1. The van der Waals surface area contributed by atoms with Crippen LogP contribution in [0, 0.1) is 0 Å². The van der Waals surface area contributed by atoms with Gasteiger partial charge in [0.05, 0.1) is 0 Å². The SMILES string of the molecule is CCN(CC)CC(C)Nc1nc(Cl)nc(-n2cncn2)n1. The number of rotatable bonds is 7. The van der Waals surface area contributed by atoms with Gasteiger partial charge in [-0.15, -0.1) is 0 Å². The molecule has 0 spiro atoms. The van der Waals surface area contributed by atoms with Crippen molar-refractivity contribution >= 4 is 17.5 Å². The van der Waals surface area contributed by atoms with Crippen LogP contribution in [0.25, 0.3) is 5.95 Å². The first-order valence-electron chi connectivity index (χ1n) is 6.87. The molecule has 0 bridgehead atoms. The van der Waals surface area contributed by atoms with Crippen LogP contribution in [0.1, 0.15) is 20.8 Å². The predicted molar refractivity (Wildman–Crippen MR) is 80.6 cm³/mol. The minimum Gasteiger partial charge on any atom is -0.350 e. The lowest BCUT2D eigenvalue weighted by Gasteiger charge is -2.23. The van der Waals surface area contributed by atoms with Crippen LogP contribution in [-0.4, -0.2) is 60.3 Å². The Kier molecular flexibility index (Phi) is 5.40. The molecule has 2 aromatic rings. The Bertz CT molecular complexity index is 554. The summed E-state index contributed by atoms with van der Waals surface area (Å²) in [5.74, 6) is 0.769. The smallest absolute Gasteiger partial charge is 0.258 e. The fourth-order valence-corrected chi connectivity index (χ4v) is 2.11. The van der Waals surface area contributed by atoms with E-state index < -0.39 is 0 Å². The molecule has 1 atom stereocenters. The van der Waals surface area contributed by atoms with E-state index in [-0.39, 0.29) is 11.3 Å². The third-order valence-electron chi connectivity index (χ3n) is 3.02. The largest absolute Gasteiger partial charge is 0.350 e. The summed E-state index contributed by atoms with van der Waals surface area (Å²) in [5, 5.41) is 7.33. The summed E-state index contributed by atoms with van der Waals surface area (Å²) in [6, 6.07) is 0.187. The Morgan fingerprint density at radius 1 is 1.29 bits per heavy atom. The van der Waals surface area contributed by atoms with Crippen LogP contribution >= 0.6 is 11.6 Å². The molecule has 0 aliphatic carbocycles. The standard InChI is InChI=1S/C12H19ClN8/c1-4-20(5-2)6-9(3)16-11-17-10(13)18-12(19-11)21-8-14-7-15-21/h7-9H,4-6H2,1-3H3,(H,16,17,18,19). The molecule has 0 aromatic carbocycles. The van der Waals surface area contributed by atoms with E-state index in [0.29, 0.717) is 11.9 Å². The molecule has 2 aromatic heterocycles. The second kappa shape index (κ2) is 7.28. The predicted octanol–water partition coefficient (Wildman–Crippen LogP) is 1.25. The Morgan fingerprint density at radius 3 is 2.67 bits per heavy atom. The van der Waals surface area contributed by atoms with Crippen LogP contribution in [0.15, 0.2) is 12.7 Å². The van der Waals surface area contributed by atoms with Gasteiger partial charge in [0.1, 0.15) is 12.7 Å². The Hall–Kier alpha value is -1.80. The van der Waals surface area contributed by atoms with Gasteiger partial charge in [0.25, 0.3) is 5.95 Å². The molecule has 2 heterocycles. The highest BCUT2D eigenvalue weighted by molar-refractivity contribution is 6.28. The molecule has 8 nitrogen and oxygen atoms in total. The topological polar surface area (TPSA) is 84.6 Å². The summed E-state index contributed by atoms with van der Waals surface area (Å²) in [6.07, 6.45) is 2.92. The Labute approximate surface area is 128 Å². The maximum absolute atomic E-state index is 5.94. The van der Waals surface area contributed by atoms with E-state index >= 15 is 0 Å². The van der Waals surface area contributed by atoms with E-state index in [1.54, 1.807) is 0 Å². The Balaban J connectivity index is 2.10. The maximum atomic E-state index is 5.94. The lowest BCUT2D eigenvalue weighted by Crippen LogP contribution is -2.35. The van der Waals surface area contributed by atoms with E-state index in [1.165, 1.54) is 17.3 Å². The van der Waals surface area contributed by atoms with E-state index in [4.69, 9.17) is 11.6 Å². The molecule has 0 aliphatic rings. The van der Waals surface area contributed by atoms with Crippen molar-refractivity contribution in [3.8, 4) is 5.95 Å². The number of nitrogens with one attached hydrogen (secondary N) is 1. The fraction of sp³-hybridized carbons (Fsp3) is 0.583. The van der Waals surface area contributed by atoms with Gasteiger partial charge in [-0.3, -0.25) is 0 Å². The van der Waals surface area contributed by atoms with Crippen molar-refractivity contribution < 1.29 is 0 Å². The van der Waals surface area contributed by atoms with Crippen molar-refractivity contribution in [1.82, 2.24) is 34.6 Å². The molecule has 0 radical (unpaired) electrons. The molecular formula is C12H19ClN8. The van der Waals surface area contributed by atoms with Crippen LogP contribution < -0.4 is 5.32 Å². The highest BCUT2D eigenvalue weighted by Crippen LogP contribution is 2.10. The normalized spacial score (nSPS) is 12.6. The summed E-state index contributed by atoms with van der Waals surface area (Å²) in [4.78, 5) is 18.6. The summed E-state index contributed by atoms with van der Waals surface area (Å²) >= 11 is 5.94. The number of halogens is 1. The quantitative estimate of drug-likeness (QED) is 0.823. The summed E-state index contributed by atoms with van der Waals surface area (Å²) < 4.78 is 1.44. The van der Waals surface area contributed by atoms with Crippen LogP contribution in [0.5, 0.6) is 0 Å². The second-order valence-corrected chi connectivity index (χ2v) is 4.94. The van der Waals surface area contributed by atoms with E-state index in [0.717, 1.165) is 19.6 Å². The van der Waals surface area contributed by atoms with Crippen molar-refractivity contribution in [2.45, 2.75) is 26.8 Å². The van der Waals surface area contributed by atoms with Gasteiger partial charge in [-0.2, -0.15) is 24.7 Å². The third kappa shape index (κ3) is 4.33. The molecule has 21 heavy (non-hydrogen) atoms. The summed E-state index contributed by atoms with van der Waals surface area (Å²) in [5.41, 5.74) is 0. The molecule has 1 N–H and O–H groups in total. The Morgan fingerprint density at radius 2 is 2.05 bits per heavy atom. The summed E-state index contributed by atoms with van der Waals surface area (Å²) in [6.45, 7) is 9.26. The van der Waals surface area contributed by atoms with Crippen LogP contribution in [-0.2, 0) is 0 Å². The number of aromatic nitrogens is 6. The number of nitrogens with zero attached hydrogens (tertiary/aromatic N) is 7. The molecule has 1 unspecified atom stereocenters. The van der Waals surface area contributed by atoms with Crippen LogP contribution in [0.3, 0.4) is 0 Å². The first-order chi connectivity index (χ1) is 10.1. The van der Waals surface area contributed by atoms with Crippen LogP contribution in [0.4, 0.5) is 5.95 Å². The molecular weight excluding hydrogens is 292 g/mol. The third-order valence-corrected chi connectivity index (χ3v) is 3.19. The highest BCUT2D eigenvalue weighted by atomic mass is 35.5. The number of anilines is 1. The molecule has 0 amide bonds. The molecule has 0 fully saturated rings. The molecule has 9 heteroatoms. The molecule has 0 aliphatic heterocycles. The fourth-order valence-electron chi connectivity index (χ4n) is 1.95. The van der Waals surface area contributed by atoms with Gasteiger partial charge in [0.15, 0.2) is 0 Å². The number of hydrogen-bond donors (Lipinski definition) is 1. The zero-order chi connectivity index (χ0) is 15.2. The van der Waals surface area contributed by atoms with Crippen LogP contribution in [0.2, 0.25) is 5.28 Å². The van der Waals surface area contributed by atoms with E-state index in [9.17, 15) is 0 Å². The van der Waals surface area contributed by atoms with Crippen molar-refractivity contribution in [2.75, 3.05) is 25.0 Å². The molecule has 0 saturated heterocycles. The van der Waals surface area contributed by atoms with Gasteiger partial charge in [0, 0.05) is 12.6 Å². The minimum atomic E-state index is 0.119. The van der Waals surface area contributed by atoms with Crippen molar-refractivity contribution in [2.24, 2.45) is 0 Å². The first kappa shape index (κ1) is 15.6. The van der Waals surface area contributed by atoms with Gasteiger partial charge >= 0.3 is 0 Å². The second-order valence-electron chi connectivity index (χ2n) is 4.60. The molecule has 2 rings (SSSR count). The van der Waals surface area contributed by atoms with Gasteiger partial charge in [-0.05, 0) is 31.6 Å². The molecule has 0 saturated carbocycles. The lowest BCUT2D eigenvalue weighted by molar-refractivity contribution is 0.294. The highest BCUT2D eigenvalue weighted by Gasteiger charge is 2.11. The first-order valence-corrected chi connectivity index (χ1v) is 7.25. The van der Waals surface area contributed by atoms with E-state index in [1.807, 2.05) is 0 Å². The maximum Gasteiger partial charge on any atom is 0.258 e. The minimum absolute atomic E-state index is 0.119. The summed E-state index contributed by atoms with van der Waals surface area (Å²) in [7, 11) is 0. The van der Waals surface area contributed by atoms with Gasteiger partial charge in [-0.25, -0.2) is 4.98 Å². The average molecular weight is 311 g/mol. The van der Waals surface area contributed by atoms with Crippen molar-refractivity contribution in [1.29, 1.82) is 0 Å². The number of likely N-dealkylation sites (N-methyl/N-ethyl adjacent to an activating group) is 1. The van der Waals surface area contributed by atoms with Crippen molar-refractivity contribution in [3.05, 3.63) is 17.9 Å². The number of hydrogen-bond acceptors (Lipinski definition) is 7. The van der Waals surface area contributed by atoms with Gasteiger partial charge < -0.3 is 10.2 Å².